The number of fused-ring (bicyclic) bond motifs is 1. The van der Waals surface area contributed by atoms with Crippen LogP contribution in [0.1, 0.15) is 12.6 Å². The first kappa shape index (κ1) is 12.5. The molecule has 0 fully saturated rings. The number of aryl methyl sites for hydroxylation is 1. The lowest BCUT2D eigenvalue weighted by molar-refractivity contribution is 0.296. The molecule has 0 saturated heterocycles. The van der Waals surface area contributed by atoms with Gasteiger partial charge in [0.15, 0.2) is 0 Å². The molecule has 0 aliphatic heterocycles. The Balaban J connectivity index is 1.80. The van der Waals surface area contributed by atoms with Crippen molar-refractivity contribution in [3.63, 3.8) is 0 Å². The molecule has 4 heteroatoms. The lowest BCUT2D eigenvalue weighted by atomic mass is 10.1. The van der Waals surface area contributed by atoms with E-state index in [0.29, 0.717) is 6.61 Å². The highest BCUT2D eigenvalue weighted by Gasteiger charge is 2.03. The number of hydrogen-bond acceptors (Lipinski definition) is 3. The monoisotopic (exact) mass is 268 g/mol. The minimum atomic E-state index is 0.263. The number of aromatic nitrogens is 2. The van der Waals surface area contributed by atoms with Crippen LogP contribution in [0.15, 0.2) is 48.9 Å². The van der Waals surface area contributed by atoms with E-state index in [0.717, 1.165) is 28.8 Å². The van der Waals surface area contributed by atoms with Gasteiger partial charge in [-0.05, 0) is 42.0 Å². The lowest BCUT2D eigenvalue weighted by Crippen LogP contribution is -2.03. The molecule has 20 heavy (non-hydrogen) atoms. The number of aromatic hydroxyl groups is 1. The molecular formula is C16H16N2O2. The minimum Gasteiger partial charge on any atom is -0.508 e. The minimum absolute atomic E-state index is 0.263. The van der Waals surface area contributed by atoms with Crippen molar-refractivity contribution in [3.8, 4) is 11.5 Å². The van der Waals surface area contributed by atoms with Gasteiger partial charge in [-0.15, -0.1) is 0 Å². The fraction of sp³-hybridized carbons (Fsp3) is 0.188. The van der Waals surface area contributed by atoms with E-state index in [9.17, 15) is 5.11 Å². The van der Waals surface area contributed by atoms with Crippen LogP contribution in [-0.2, 0) is 13.2 Å². The van der Waals surface area contributed by atoms with Gasteiger partial charge in [0.2, 0.25) is 0 Å². The van der Waals surface area contributed by atoms with Crippen molar-refractivity contribution in [1.29, 1.82) is 0 Å². The van der Waals surface area contributed by atoms with E-state index in [-0.39, 0.29) is 5.75 Å². The van der Waals surface area contributed by atoms with Gasteiger partial charge in [0.05, 0.1) is 18.2 Å². The number of ether oxygens (including phenoxy) is 1. The van der Waals surface area contributed by atoms with Gasteiger partial charge >= 0.3 is 0 Å². The molecule has 0 radical (unpaired) electrons. The predicted octanol–water partition coefficient (Wildman–Crippen LogP) is 3.34. The Labute approximate surface area is 117 Å². The van der Waals surface area contributed by atoms with Crippen LogP contribution in [0, 0.1) is 0 Å². The van der Waals surface area contributed by atoms with Crippen LogP contribution in [0.5, 0.6) is 11.5 Å². The van der Waals surface area contributed by atoms with Crippen LogP contribution >= 0.6 is 0 Å². The summed E-state index contributed by atoms with van der Waals surface area (Å²) in [5, 5.41) is 11.6. The van der Waals surface area contributed by atoms with E-state index in [1.807, 2.05) is 35.0 Å². The summed E-state index contributed by atoms with van der Waals surface area (Å²) < 4.78 is 7.85. The normalized spacial score (nSPS) is 10.8. The van der Waals surface area contributed by atoms with Crippen LogP contribution in [0.4, 0.5) is 0 Å². The topological polar surface area (TPSA) is 47.3 Å². The summed E-state index contributed by atoms with van der Waals surface area (Å²) in [6.07, 6.45) is 3.62. The first-order valence-corrected chi connectivity index (χ1v) is 6.61. The zero-order valence-electron chi connectivity index (χ0n) is 11.3. The molecule has 1 N–H and O–H groups in total. The molecule has 1 aromatic heterocycles. The average Bonchev–Trinajstić information content (AvgIpc) is 2.92. The summed E-state index contributed by atoms with van der Waals surface area (Å²) in [5.74, 6) is 1.05. The van der Waals surface area contributed by atoms with Crippen LogP contribution in [0.3, 0.4) is 0 Å². The molecule has 3 rings (SSSR count). The van der Waals surface area contributed by atoms with Gasteiger partial charge in [-0.1, -0.05) is 12.1 Å². The fourth-order valence-corrected chi connectivity index (χ4v) is 2.21. The molecule has 0 aliphatic carbocycles. The maximum Gasteiger partial charge on any atom is 0.130 e. The molecule has 0 amide bonds. The molecule has 0 atom stereocenters. The van der Waals surface area contributed by atoms with E-state index < -0.39 is 0 Å². The molecule has 3 aromatic rings. The van der Waals surface area contributed by atoms with Crippen LogP contribution in [0.2, 0.25) is 0 Å². The lowest BCUT2D eigenvalue weighted by Gasteiger charge is -2.09. The van der Waals surface area contributed by atoms with Crippen molar-refractivity contribution in [2.75, 3.05) is 0 Å². The Bertz CT molecular complexity index is 734. The molecule has 102 valence electrons. The van der Waals surface area contributed by atoms with Gasteiger partial charge in [-0.25, -0.2) is 4.98 Å². The summed E-state index contributed by atoms with van der Waals surface area (Å²) in [5.41, 5.74) is 1.04. The number of phenolic OH excluding ortho intramolecular Hbond substituents is 1. The average molecular weight is 268 g/mol. The Morgan fingerprint density at radius 2 is 2.00 bits per heavy atom. The molecule has 0 bridgehead atoms. The quantitative estimate of drug-likeness (QED) is 0.789. The van der Waals surface area contributed by atoms with Crippen LogP contribution in [0.25, 0.3) is 10.8 Å². The Morgan fingerprint density at radius 3 is 2.85 bits per heavy atom. The van der Waals surface area contributed by atoms with Gasteiger partial charge in [0.1, 0.15) is 18.1 Å². The Hall–Kier alpha value is -2.49. The third kappa shape index (κ3) is 2.45. The number of benzene rings is 2. The number of imidazole rings is 1. The summed E-state index contributed by atoms with van der Waals surface area (Å²) in [4.78, 5) is 4.12. The summed E-state index contributed by atoms with van der Waals surface area (Å²) in [7, 11) is 0. The van der Waals surface area contributed by atoms with Crippen molar-refractivity contribution in [2.24, 2.45) is 0 Å². The summed E-state index contributed by atoms with van der Waals surface area (Å²) >= 11 is 0. The van der Waals surface area contributed by atoms with Gasteiger partial charge < -0.3 is 14.4 Å². The van der Waals surface area contributed by atoms with Gasteiger partial charge in [0.25, 0.3) is 0 Å². The predicted molar refractivity (Wildman–Crippen MR) is 77.8 cm³/mol. The van der Waals surface area contributed by atoms with Crippen molar-refractivity contribution < 1.29 is 9.84 Å². The molecule has 0 unspecified atom stereocenters. The van der Waals surface area contributed by atoms with Crippen molar-refractivity contribution in [1.82, 2.24) is 9.55 Å². The van der Waals surface area contributed by atoms with Crippen LogP contribution in [-0.4, -0.2) is 14.7 Å². The first-order chi connectivity index (χ1) is 9.76. The van der Waals surface area contributed by atoms with E-state index in [1.54, 1.807) is 18.5 Å². The molecule has 2 aromatic carbocycles. The van der Waals surface area contributed by atoms with E-state index in [4.69, 9.17) is 4.74 Å². The second kappa shape index (κ2) is 5.25. The molecule has 0 aliphatic rings. The van der Waals surface area contributed by atoms with Crippen LogP contribution < -0.4 is 4.74 Å². The number of rotatable bonds is 4. The largest absolute Gasteiger partial charge is 0.508 e. The number of phenols is 1. The first-order valence-electron chi connectivity index (χ1n) is 6.61. The third-order valence-corrected chi connectivity index (χ3v) is 3.32. The molecule has 1 heterocycles. The van der Waals surface area contributed by atoms with Gasteiger partial charge in [-0.3, -0.25) is 0 Å². The van der Waals surface area contributed by atoms with Crippen molar-refractivity contribution in [3.05, 3.63) is 54.6 Å². The highest BCUT2D eigenvalue weighted by Crippen LogP contribution is 2.24. The smallest absolute Gasteiger partial charge is 0.130 e. The second-order valence-electron chi connectivity index (χ2n) is 4.65. The molecular weight excluding hydrogens is 252 g/mol. The zero-order valence-corrected chi connectivity index (χ0v) is 11.3. The second-order valence-corrected chi connectivity index (χ2v) is 4.65. The summed E-state index contributed by atoms with van der Waals surface area (Å²) in [6, 6.07) is 11.2. The Morgan fingerprint density at radius 1 is 1.15 bits per heavy atom. The summed E-state index contributed by atoms with van der Waals surface area (Å²) in [6.45, 7) is 3.44. The molecule has 0 spiro atoms. The highest BCUT2D eigenvalue weighted by molar-refractivity contribution is 5.85. The fourth-order valence-electron chi connectivity index (χ4n) is 2.21. The SMILES string of the molecule is CCn1cncc1COc1ccc2ccc(O)cc2c1. The van der Waals surface area contributed by atoms with E-state index >= 15 is 0 Å². The maximum absolute atomic E-state index is 9.52. The standard InChI is InChI=1S/C16H16N2O2/c1-2-18-11-17-9-14(18)10-20-16-6-4-12-3-5-15(19)7-13(12)8-16/h3-9,11,19H,2,10H2,1H3. The Kier molecular flexibility index (Phi) is 3.29. The number of nitrogens with zero attached hydrogens (tertiary/aromatic N) is 2. The van der Waals surface area contributed by atoms with E-state index in [2.05, 4.69) is 11.9 Å². The van der Waals surface area contributed by atoms with E-state index in [1.165, 1.54) is 0 Å². The van der Waals surface area contributed by atoms with Gasteiger partial charge in [0, 0.05) is 6.54 Å². The zero-order chi connectivity index (χ0) is 13.9. The van der Waals surface area contributed by atoms with Gasteiger partial charge in [-0.2, -0.15) is 0 Å². The maximum atomic E-state index is 9.52. The highest BCUT2D eigenvalue weighted by atomic mass is 16.5. The van der Waals surface area contributed by atoms with Crippen molar-refractivity contribution >= 4 is 10.8 Å². The number of hydrogen-bond donors (Lipinski definition) is 1. The van der Waals surface area contributed by atoms with Crippen molar-refractivity contribution in [2.45, 2.75) is 20.1 Å². The molecule has 4 nitrogen and oxygen atoms in total. The third-order valence-electron chi connectivity index (χ3n) is 3.32. The molecule has 0 saturated carbocycles.